The number of carbonyl (C=O) groups excluding carboxylic acids is 2. The van der Waals surface area contributed by atoms with Crippen molar-refractivity contribution >= 4 is 22.8 Å². The topological polar surface area (TPSA) is 94.9 Å². The molecule has 9 heteroatoms. The Labute approximate surface area is 211 Å². The van der Waals surface area contributed by atoms with Gasteiger partial charge in [0, 0.05) is 18.7 Å². The first-order chi connectivity index (χ1) is 17.5. The molecule has 1 saturated carbocycles. The van der Waals surface area contributed by atoms with Gasteiger partial charge in [-0.1, -0.05) is 31.4 Å². The minimum Gasteiger partial charge on any atom is -0.493 e. The molecule has 36 heavy (non-hydrogen) atoms. The molecule has 2 amide bonds. The number of rotatable bonds is 9. The summed E-state index contributed by atoms with van der Waals surface area (Å²) < 4.78 is 18.0. The maximum Gasteiger partial charge on any atom is 0.251 e. The van der Waals surface area contributed by atoms with Crippen LogP contribution in [0.2, 0.25) is 0 Å². The van der Waals surface area contributed by atoms with Crippen LogP contribution in [0.15, 0.2) is 36.4 Å². The predicted octanol–water partition coefficient (Wildman–Crippen LogP) is 3.78. The largest absolute Gasteiger partial charge is 0.493 e. The van der Waals surface area contributed by atoms with Crippen LogP contribution < -0.4 is 19.5 Å². The van der Waals surface area contributed by atoms with E-state index in [1.54, 1.807) is 12.1 Å². The van der Waals surface area contributed by atoms with Crippen molar-refractivity contribution in [2.45, 2.75) is 51.2 Å². The normalized spacial score (nSPS) is 13.9. The summed E-state index contributed by atoms with van der Waals surface area (Å²) in [4.78, 5) is 32.8. The van der Waals surface area contributed by atoms with E-state index in [-0.39, 0.29) is 30.9 Å². The van der Waals surface area contributed by atoms with Gasteiger partial charge in [-0.05, 0) is 37.1 Å². The number of carbonyl (C=O) groups is 2. The Kier molecular flexibility index (Phi) is 7.97. The van der Waals surface area contributed by atoms with E-state index in [9.17, 15) is 9.59 Å². The first-order valence-electron chi connectivity index (χ1n) is 12.2. The maximum atomic E-state index is 13.2. The molecular formula is C27H34N4O5. The van der Waals surface area contributed by atoms with Gasteiger partial charge in [0.25, 0.3) is 5.91 Å². The van der Waals surface area contributed by atoms with Gasteiger partial charge in [0.1, 0.15) is 12.4 Å². The van der Waals surface area contributed by atoms with Crippen LogP contribution in [0.3, 0.4) is 0 Å². The monoisotopic (exact) mass is 494 g/mol. The molecule has 3 aromatic rings. The Morgan fingerprint density at radius 1 is 1.03 bits per heavy atom. The van der Waals surface area contributed by atoms with Crippen molar-refractivity contribution in [3.63, 3.8) is 0 Å². The molecule has 0 radical (unpaired) electrons. The smallest absolute Gasteiger partial charge is 0.251 e. The molecule has 0 atom stereocenters. The molecule has 1 N–H and O–H groups in total. The second kappa shape index (κ2) is 11.3. The lowest BCUT2D eigenvalue weighted by molar-refractivity contribution is -0.133. The third kappa shape index (κ3) is 5.24. The zero-order chi connectivity index (χ0) is 25.7. The van der Waals surface area contributed by atoms with Gasteiger partial charge in [0.2, 0.25) is 11.7 Å². The number of aromatic nitrogens is 2. The Morgan fingerprint density at radius 3 is 2.33 bits per heavy atom. The minimum absolute atomic E-state index is 0.0438. The van der Waals surface area contributed by atoms with Crippen LogP contribution in [0, 0.1) is 0 Å². The number of hydrogen-bond donors (Lipinski definition) is 1. The van der Waals surface area contributed by atoms with E-state index in [1.807, 2.05) is 40.8 Å². The number of fused-ring (bicyclic) bond motifs is 1. The van der Waals surface area contributed by atoms with Crippen LogP contribution in [0.1, 0.15) is 48.3 Å². The molecule has 1 aromatic heterocycles. The Hall–Kier alpha value is -3.75. The number of likely N-dealkylation sites (N-methyl/N-ethyl adjacent to an activating group) is 1. The molecule has 9 nitrogen and oxygen atoms in total. The first kappa shape index (κ1) is 25.3. The van der Waals surface area contributed by atoms with Gasteiger partial charge in [-0.2, -0.15) is 0 Å². The number of nitrogens with one attached hydrogen (secondary N) is 1. The van der Waals surface area contributed by atoms with E-state index in [2.05, 4.69) is 5.32 Å². The van der Waals surface area contributed by atoms with E-state index in [1.165, 1.54) is 27.8 Å². The number of hydrogen-bond acceptors (Lipinski definition) is 6. The van der Waals surface area contributed by atoms with Crippen molar-refractivity contribution in [1.82, 2.24) is 19.8 Å². The van der Waals surface area contributed by atoms with Gasteiger partial charge in [-0.3, -0.25) is 9.59 Å². The summed E-state index contributed by atoms with van der Waals surface area (Å²) in [5.41, 5.74) is 2.00. The standard InChI is InChI=1S/C27H34N4O5/c1-30(19-10-6-5-7-11-19)25(32)17-31-21-13-9-8-12-20(21)29-24(31)16-28-27(33)18-14-22(34-2)26(36-4)23(15-18)35-3/h8-9,12-15,19H,5-7,10-11,16-17H2,1-4H3,(H,28,33). The fourth-order valence-corrected chi connectivity index (χ4v) is 4.83. The van der Waals surface area contributed by atoms with Gasteiger partial charge in [-0.15, -0.1) is 0 Å². The molecule has 4 rings (SSSR count). The second-order valence-corrected chi connectivity index (χ2v) is 9.00. The lowest BCUT2D eigenvalue weighted by Gasteiger charge is -2.31. The van der Waals surface area contributed by atoms with Gasteiger partial charge in [-0.25, -0.2) is 4.98 Å². The van der Waals surface area contributed by atoms with Crippen molar-refractivity contribution < 1.29 is 23.8 Å². The summed E-state index contributed by atoms with van der Waals surface area (Å²) in [6.07, 6.45) is 5.65. The number of ether oxygens (including phenoxy) is 3. The molecule has 192 valence electrons. The quantitative estimate of drug-likeness (QED) is 0.487. The summed E-state index contributed by atoms with van der Waals surface area (Å²) in [6.45, 7) is 0.327. The average molecular weight is 495 g/mol. The van der Waals surface area contributed by atoms with Crippen molar-refractivity contribution in [3.05, 3.63) is 47.8 Å². The molecule has 1 aliphatic rings. The zero-order valence-electron chi connectivity index (χ0n) is 21.4. The predicted molar refractivity (Wildman–Crippen MR) is 137 cm³/mol. The van der Waals surface area contributed by atoms with Crippen LogP contribution in [0.25, 0.3) is 11.0 Å². The molecule has 2 aromatic carbocycles. The Bertz CT molecular complexity index is 1210. The van der Waals surface area contributed by atoms with E-state index >= 15 is 0 Å². The third-order valence-electron chi connectivity index (χ3n) is 6.88. The van der Waals surface area contributed by atoms with Gasteiger partial charge in [0.05, 0.1) is 38.9 Å². The van der Waals surface area contributed by atoms with Crippen LogP contribution in [0.5, 0.6) is 17.2 Å². The Balaban J connectivity index is 1.55. The average Bonchev–Trinajstić information content (AvgIpc) is 3.27. The first-order valence-corrected chi connectivity index (χ1v) is 12.2. The van der Waals surface area contributed by atoms with E-state index in [0.717, 1.165) is 36.7 Å². The fraction of sp³-hybridized carbons (Fsp3) is 0.444. The van der Waals surface area contributed by atoms with Gasteiger partial charge < -0.3 is 29.0 Å². The summed E-state index contributed by atoms with van der Waals surface area (Å²) in [5, 5.41) is 2.92. The number of methoxy groups -OCH3 is 3. The summed E-state index contributed by atoms with van der Waals surface area (Å²) in [5.74, 6) is 1.54. The van der Waals surface area contributed by atoms with Crippen molar-refractivity contribution in [2.24, 2.45) is 0 Å². The number of para-hydroxylation sites is 2. The zero-order valence-corrected chi connectivity index (χ0v) is 21.4. The lowest BCUT2D eigenvalue weighted by Crippen LogP contribution is -2.40. The van der Waals surface area contributed by atoms with Crippen molar-refractivity contribution in [1.29, 1.82) is 0 Å². The highest BCUT2D eigenvalue weighted by Gasteiger charge is 2.24. The van der Waals surface area contributed by atoms with Crippen LogP contribution in [-0.4, -0.2) is 60.7 Å². The summed E-state index contributed by atoms with van der Waals surface area (Å²) >= 11 is 0. The van der Waals surface area contributed by atoms with Crippen LogP contribution in [0.4, 0.5) is 0 Å². The van der Waals surface area contributed by atoms with Crippen molar-refractivity contribution in [3.8, 4) is 17.2 Å². The molecule has 0 saturated heterocycles. The van der Waals surface area contributed by atoms with Crippen molar-refractivity contribution in [2.75, 3.05) is 28.4 Å². The SMILES string of the molecule is COc1cc(C(=O)NCc2nc3ccccc3n2CC(=O)N(C)C2CCCCC2)cc(OC)c1OC. The number of nitrogens with zero attached hydrogens (tertiary/aromatic N) is 3. The maximum absolute atomic E-state index is 13.2. The Morgan fingerprint density at radius 2 is 1.69 bits per heavy atom. The molecule has 1 aliphatic carbocycles. The van der Waals surface area contributed by atoms with E-state index < -0.39 is 0 Å². The van der Waals surface area contributed by atoms with E-state index in [0.29, 0.717) is 28.6 Å². The fourth-order valence-electron chi connectivity index (χ4n) is 4.83. The second-order valence-electron chi connectivity index (χ2n) is 9.00. The molecule has 0 unspecified atom stereocenters. The highest BCUT2D eigenvalue weighted by atomic mass is 16.5. The van der Waals surface area contributed by atoms with E-state index in [4.69, 9.17) is 19.2 Å². The highest BCUT2D eigenvalue weighted by Crippen LogP contribution is 2.38. The molecule has 1 heterocycles. The van der Waals surface area contributed by atoms with Crippen LogP contribution in [-0.2, 0) is 17.9 Å². The number of imidazole rings is 1. The molecule has 1 fully saturated rings. The molecule has 0 aliphatic heterocycles. The molecule has 0 spiro atoms. The summed E-state index contributed by atoms with van der Waals surface area (Å²) in [6, 6.07) is 11.2. The molecule has 0 bridgehead atoms. The van der Waals surface area contributed by atoms with Gasteiger partial charge in [0.15, 0.2) is 11.5 Å². The van der Waals surface area contributed by atoms with Crippen LogP contribution >= 0.6 is 0 Å². The molecular weight excluding hydrogens is 460 g/mol. The number of benzene rings is 2. The highest BCUT2D eigenvalue weighted by molar-refractivity contribution is 5.95. The minimum atomic E-state index is -0.321. The third-order valence-corrected chi connectivity index (χ3v) is 6.88. The lowest BCUT2D eigenvalue weighted by atomic mass is 9.94. The number of amides is 2. The summed E-state index contributed by atoms with van der Waals surface area (Å²) in [7, 11) is 6.41. The van der Waals surface area contributed by atoms with Gasteiger partial charge >= 0.3 is 0 Å².